The minimum Gasteiger partial charge on any atom is -0.545 e. The van der Waals surface area contributed by atoms with Gasteiger partial charge in [0.25, 0.3) is 11.6 Å². The van der Waals surface area contributed by atoms with Crippen molar-refractivity contribution in [2.45, 2.75) is 20.0 Å². The van der Waals surface area contributed by atoms with Crippen molar-refractivity contribution in [2.24, 2.45) is 5.10 Å². The third-order valence-electron chi connectivity index (χ3n) is 5.48. The summed E-state index contributed by atoms with van der Waals surface area (Å²) in [5.41, 5.74) is -1.32. The molecule has 0 unspecified atom stereocenters. The van der Waals surface area contributed by atoms with Crippen molar-refractivity contribution >= 4 is 35.0 Å². The summed E-state index contributed by atoms with van der Waals surface area (Å²) < 4.78 is 46.7. The number of hydrazone groups is 1. The van der Waals surface area contributed by atoms with Gasteiger partial charge in [-0.25, -0.2) is 0 Å². The van der Waals surface area contributed by atoms with E-state index in [2.05, 4.69) is 5.10 Å². The fourth-order valence-electron chi connectivity index (χ4n) is 3.53. The summed E-state index contributed by atoms with van der Waals surface area (Å²) >= 11 is 0. The molecule has 2 heterocycles. The smallest absolute Gasteiger partial charge is 0.435 e. The number of aryl methyl sites for hydroxylation is 2. The Kier molecular flexibility index (Phi) is 5.96. The Bertz CT molecular complexity index is 1470. The van der Waals surface area contributed by atoms with Gasteiger partial charge in [0, 0.05) is 6.07 Å². The molecule has 1 aliphatic heterocycles. The number of nitrogens with zero attached hydrogens (tertiary/aromatic N) is 3. The first-order valence-electron chi connectivity index (χ1n) is 10.3. The summed E-state index contributed by atoms with van der Waals surface area (Å²) in [5, 5.41) is 26.3. The van der Waals surface area contributed by atoms with E-state index >= 15 is 0 Å². The molecule has 0 N–H and O–H groups in total. The summed E-state index contributed by atoms with van der Waals surface area (Å²) in [7, 11) is 0. The number of carbonyl (C=O) groups is 2. The standard InChI is InChI=1S/C24H16F3N3O6/c1-12-9-17(19(30(34)35)10-13(12)2)20-8-7-16(36-20)11-18-21(24(25,26)27)28-29(22(18)31)15-5-3-14(4-6-15)23(32)33/h3-11H,1-2H3,(H,32,33)/p-1/b18-11-. The number of hydrogen-bond acceptors (Lipinski definition) is 7. The maximum Gasteiger partial charge on any atom is 0.435 e. The summed E-state index contributed by atoms with van der Waals surface area (Å²) in [6.45, 7) is 3.44. The number of carboxylic acids is 1. The molecule has 1 aliphatic rings. The number of furan rings is 1. The van der Waals surface area contributed by atoms with Gasteiger partial charge in [-0.3, -0.25) is 14.9 Å². The second kappa shape index (κ2) is 8.80. The number of alkyl halides is 3. The normalized spacial score (nSPS) is 14.9. The van der Waals surface area contributed by atoms with Crippen LogP contribution in [-0.2, 0) is 4.79 Å². The number of hydrogen-bond donors (Lipinski definition) is 0. The molecule has 184 valence electrons. The van der Waals surface area contributed by atoms with Crippen LogP contribution in [0.3, 0.4) is 0 Å². The third-order valence-corrected chi connectivity index (χ3v) is 5.48. The third kappa shape index (κ3) is 4.48. The molecule has 9 nitrogen and oxygen atoms in total. The molecule has 0 atom stereocenters. The van der Waals surface area contributed by atoms with E-state index in [0.717, 1.165) is 35.9 Å². The Hall–Kier alpha value is -4.74. The van der Waals surface area contributed by atoms with E-state index in [1.54, 1.807) is 13.8 Å². The SMILES string of the molecule is Cc1cc(-c2ccc(/C=C3\C(=O)N(c4ccc(C(=O)[O-])cc4)N=C3C(F)(F)F)o2)c([N+](=O)[O-])cc1C. The maximum absolute atomic E-state index is 13.7. The molecule has 0 spiro atoms. The number of nitro groups is 1. The Morgan fingerprint density at radius 2 is 1.72 bits per heavy atom. The van der Waals surface area contributed by atoms with Crippen LogP contribution in [-0.4, -0.2) is 28.7 Å². The van der Waals surface area contributed by atoms with Crippen molar-refractivity contribution in [1.29, 1.82) is 0 Å². The average molecular weight is 498 g/mol. The number of halogens is 3. The maximum atomic E-state index is 13.7. The molecule has 0 fully saturated rings. The second-order valence-corrected chi connectivity index (χ2v) is 7.87. The minimum absolute atomic E-state index is 0.0299. The van der Waals surface area contributed by atoms with Gasteiger partial charge < -0.3 is 14.3 Å². The van der Waals surface area contributed by atoms with E-state index in [4.69, 9.17) is 4.42 Å². The van der Waals surface area contributed by atoms with Gasteiger partial charge in [-0.15, -0.1) is 0 Å². The van der Waals surface area contributed by atoms with Crippen molar-refractivity contribution in [2.75, 3.05) is 5.01 Å². The molecule has 1 aromatic heterocycles. The molecular formula is C24H15F3N3O6-. The van der Waals surface area contributed by atoms with Crippen molar-refractivity contribution in [3.05, 3.63) is 86.7 Å². The van der Waals surface area contributed by atoms with Gasteiger partial charge in [0.2, 0.25) is 0 Å². The zero-order valence-electron chi connectivity index (χ0n) is 18.6. The number of benzene rings is 2. The first-order chi connectivity index (χ1) is 16.9. The molecule has 0 radical (unpaired) electrons. The first kappa shape index (κ1) is 24.4. The molecule has 12 heteroatoms. The Morgan fingerprint density at radius 3 is 2.31 bits per heavy atom. The zero-order chi connectivity index (χ0) is 26.4. The van der Waals surface area contributed by atoms with Gasteiger partial charge >= 0.3 is 6.18 Å². The highest BCUT2D eigenvalue weighted by molar-refractivity contribution is 6.34. The van der Waals surface area contributed by atoms with E-state index in [9.17, 15) is 38.0 Å². The van der Waals surface area contributed by atoms with Crippen LogP contribution in [0.5, 0.6) is 0 Å². The predicted octanol–water partition coefficient (Wildman–Crippen LogP) is 4.18. The number of rotatable bonds is 5. The lowest BCUT2D eigenvalue weighted by Gasteiger charge is -2.12. The van der Waals surface area contributed by atoms with E-state index in [-0.39, 0.29) is 34.0 Å². The Morgan fingerprint density at radius 1 is 1.08 bits per heavy atom. The van der Waals surface area contributed by atoms with Crippen LogP contribution < -0.4 is 10.1 Å². The molecule has 0 aliphatic carbocycles. The largest absolute Gasteiger partial charge is 0.545 e. The number of carboxylic acid groups (broad SMARTS) is 1. The molecule has 3 aromatic rings. The van der Waals surface area contributed by atoms with E-state index in [1.165, 1.54) is 24.3 Å². The molecule has 0 saturated carbocycles. The molecule has 36 heavy (non-hydrogen) atoms. The van der Waals surface area contributed by atoms with Crippen LogP contribution in [0.4, 0.5) is 24.5 Å². The lowest BCUT2D eigenvalue weighted by molar-refractivity contribution is -0.384. The van der Waals surface area contributed by atoms with Crippen LogP contribution >= 0.6 is 0 Å². The lowest BCUT2D eigenvalue weighted by atomic mass is 10.0. The Balaban J connectivity index is 1.74. The number of carbonyl (C=O) groups excluding carboxylic acids is 2. The fourth-order valence-corrected chi connectivity index (χ4v) is 3.53. The number of anilines is 1. The number of aromatic carboxylic acids is 1. The van der Waals surface area contributed by atoms with Crippen LogP contribution in [0.2, 0.25) is 0 Å². The quantitative estimate of drug-likeness (QED) is 0.295. The van der Waals surface area contributed by atoms with Crippen LogP contribution in [0, 0.1) is 24.0 Å². The van der Waals surface area contributed by atoms with E-state index < -0.39 is 34.3 Å². The number of nitro benzene ring substituents is 1. The number of amides is 1. The topological polar surface area (TPSA) is 129 Å². The minimum atomic E-state index is -5.00. The fraction of sp³-hybridized carbons (Fsp3) is 0.125. The average Bonchev–Trinajstić information content (AvgIpc) is 3.40. The molecule has 4 rings (SSSR count). The van der Waals surface area contributed by atoms with Gasteiger partial charge in [0.15, 0.2) is 5.71 Å². The summed E-state index contributed by atoms with van der Waals surface area (Å²) in [4.78, 5) is 34.7. The highest BCUT2D eigenvalue weighted by Crippen LogP contribution is 2.36. The lowest BCUT2D eigenvalue weighted by Crippen LogP contribution is -2.25. The van der Waals surface area contributed by atoms with Crippen molar-refractivity contribution in [1.82, 2.24) is 0 Å². The predicted molar refractivity (Wildman–Crippen MR) is 120 cm³/mol. The first-order valence-corrected chi connectivity index (χ1v) is 10.3. The van der Waals surface area contributed by atoms with Crippen molar-refractivity contribution in [3.8, 4) is 11.3 Å². The molecular weight excluding hydrogens is 483 g/mol. The highest BCUT2D eigenvalue weighted by Gasteiger charge is 2.47. The summed E-state index contributed by atoms with van der Waals surface area (Å²) in [6, 6.07) is 9.90. The summed E-state index contributed by atoms with van der Waals surface area (Å²) in [5.74, 6) is -2.75. The summed E-state index contributed by atoms with van der Waals surface area (Å²) in [6.07, 6.45) is -4.15. The van der Waals surface area contributed by atoms with Crippen LogP contribution in [0.1, 0.15) is 27.2 Å². The van der Waals surface area contributed by atoms with Gasteiger partial charge in [-0.2, -0.15) is 23.3 Å². The molecule has 0 bridgehead atoms. The van der Waals surface area contributed by atoms with E-state index in [0.29, 0.717) is 10.6 Å². The van der Waals surface area contributed by atoms with Crippen molar-refractivity contribution in [3.63, 3.8) is 0 Å². The van der Waals surface area contributed by atoms with Gasteiger partial charge in [-0.1, -0.05) is 12.1 Å². The van der Waals surface area contributed by atoms with Crippen molar-refractivity contribution < 1.29 is 37.2 Å². The Labute approximate surface area is 200 Å². The molecule has 1 amide bonds. The monoisotopic (exact) mass is 498 g/mol. The second-order valence-electron chi connectivity index (χ2n) is 7.87. The van der Waals surface area contributed by atoms with Crippen LogP contribution in [0.25, 0.3) is 17.4 Å². The zero-order valence-corrected chi connectivity index (χ0v) is 18.6. The van der Waals surface area contributed by atoms with Gasteiger partial charge in [-0.05, 0) is 66.9 Å². The van der Waals surface area contributed by atoms with Gasteiger partial charge in [0.05, 0.1) is 27.7 Å². The highest BCUT2D eigenvalue weighted by atomic mass is 19.4. The van der Waals surface area contributed by atoms with Gasteiger partial charge in [0.1, 0.15) is 11.5 Å². The molecule has 2 aromatic carbocycles. The molecule has 0 saturated heterocycles. The van der Waals surface area contributed by atoms with E-state index in [1.807, 2.05) is 0 Å². The van der Waals surface area contributed by atoms with Crippen LogP contribution in [0.15, 0.2) is 63.6 Å².